The van der Waals surface area contributed by atoms with Crippen molar-refractivity contribution in [3.8, 4) is 0 Å². The predicted octanol–water partition coefficient (Wildman–Crippen LogP) is 6.34. The number of anilines is 1. The molecule has 0 aromatic heterocycles. The maximum Gasteiger partial charge on any atom is 0.187 e. The molecule has 0 radical (unpaired) electrons. The third kappa shape index (κ3) is 13.8. The number of aliphatic hydroxyl groups is 5. The van der Waals surface area contributed by atoms with Crippen molar-refractivity contribution < 1.29 is 52.7 Å². The van der Waals surface area contributed by atoms with Crippen LogP contribution in [0.2, 0.25) is 0 Å². The van der Waals surface area contributed by atoms with Gasteiger partial charge in [0.1, 0.15) is 72.1 Å². The Bertz CT molecular complexity index is 1970. The van der Waals surface area contributed by atoms with Gasteiger partial charge in [0.05, 0.1) is 43.2 Å². The topological polar surface area (TPSA) is 230 Å². The third-order valence-electron chi connectivity index (χ3n) is 10.9. The molecule has 16 nitrogen and oxygen atoms in total. The van der Waals surface area contributed by atoms with Gasteiger partial charge in [-0.15, -0.1) is 0 Å². The quantitative estimate of drug-likeness (QED) is 0.0431. The standard InChI is InChI=1S/C29H38FN3O11S.C9H10FNO.C7H8/c1-3-4-5-19(15(2)18-10-11-33(18)17-8-6-16(30)7-9-17)44-45-14-22-25(36)24(32-40)28(21(13-35)41-22)43-29-27(38)26(37)23(31-39)20(12-34)42-29;1-2-9(11-12)7-3-5-8(10)6-4-7;1-7-5-3-2-4-6-7/h3-9,18,20-29,34-38H,1,10-14H2,2H3;3-6,9H,2H2,1H3;2-6H,1H3/b5-4-,19-15?;;. The van der Waals surface area contributed by atoms with E-state index in [4.69, 9.17) is 18.4 Å². The summed E-state index contributed by atoms with van der Waals surface area (Å²) in [7, 11) is 0. The molecule has 3 heterocycles. The summed E-state index contributed by atoms with van der Waals surface area (Å²) in [5.74, 6) is -0.0885. The maximum atomic E-state index is 13.4. The molecule has 348 valence electrons. The van der Waals surface area contributed by atoms with Gasteiger partial charge in [-0.25, -0.2) is 8.78 Å². The number of aryl methyl sites for hydroxylation is 1. The van der Waals surface area contributed by atoms with Crippen molar-refractivity contribution in [3.05, 3.63) is 152 Å². The molecule has 0 saturated carbocycles. The van der Waals surface area contributed by atoms with E-state index in [1.807, 2.05) is 32.0 Å². The number of nitroso groups, excluding NO2 is 3. The number of halogens is 2. The van der Waals surface area contributed by atoms with Gasteiger partial charge in [-0.3, -0.25) is 0 Å². The smallest absolute Gasteiger partial charge is 0.187 e. The summed E-state index contributed by atoms with van der Waals surface area (Å²) in [6.07, 6.45) is -5.27. The molecular weight excluding hydrogens is 859 g/mol. The second kappa shape index (κ2) is 26.2. The summed E-state index contributed by atoms with van der Waals surface area (Å²) in [6, 6.07) is 19.0. The van der Waals surface area contributed by atoms with Gasteiger partial charge in [-0.05, 0) is 80.3 Å². The number of benzene rings is 3. The second-order valence-corrected chi connectivity index (χ2v) is 15.8. The van der Waals surface area contributed by atoms with Gasteiger partial charge in [-0.1, -0.05) is 89.2 Å². The van der Waals surface area contributed by atoms with Crippen LogP contribution in [0.25, 0.3) is 0 Å². The van der Waals surface area contributed by atoms with E-state index in [0.29, 0.717) is 12.2 Å². The first kappa shape index (κ1) is 51.8. The molecule has 64 heavy (non-hydrogen) atoms. The maximum absolute atomic E-state index is 13.4. The van der Waals surface area contributed by atoms with Crippen LogP contribution >= 0.6 is 12.0 Å². The molecule has 3 aromatic carbocycles. The van der Waals surface area contributed by atoms with Gasteiger partial charge >= 0.3 is 0 Å². The lowest BCUT2D eigenvalue weighted by Crippen LogP contribution is -2.64. The average Bonchev–Trinajstić information content (AvgIpc) is 3.29. The first-order valence-electron chi connectivity index (χ1n) is 20.6. The van der Waals surface area contributed by atoms with Gasteiger partial charge in [0, 0.05) is 12.2 Å². The highest BCUT2D eigenvalue weighted by molar-refractivity contribution is 7.94. The number of ether oxygens (including phenoxy) is 3. The Labute approximate surface area is 374 Å². The molecule has 3 aliphatic heterocycles. The Morgan fingerprint density at radius 2 is 1.50 bits per heavy atom. The fourth-order valence-electron chi connectivity index (χ4n) is 7.14. The SMILES string of the molecule is C=C/C=C\C(OSCC1OC(CO)C(OC2OC(CO)C(N=O)C(O)C2O)C(N=O)C1O)=C(C)C1CCN1c1ccc(F)cc1.CCC(N=O)c1ccc(F)cc1.Cc1ccccc1. The minimum absolute atomic E-state index is 0.00198. The molecule has 3 aromatic rings. The molecule has 12 atom stereocenters. The van der Waals surface area contributed by atoms with E-state index in [0.717, 1.165) is 41.8 Å². The molecule has 0 spiro atoms. The van der Waals surface area contributed by atoms with Gasteiger partial charge in [-0.2, -0.15) is 14.7 Å². The van der Waals surface area contributed by atoms with Crippen molar-refractivity contribution in [1.82, 2.24) is 0 Å². The number of rotatable bonds is 17. The molecule has 5 N–H and O–H groups in total. The van der Waals surface area contributed by atoms with Gasteiger partial charge in [0.2, 0.25) is 0 Å². The Morgan fingerprint density at radius 1 is 0.875 bits per heavy atom. The summed E-state index contributed by atoms with van der Waals surface area (Å²) in [6.45, 7) is 8.95. The normalized spacial score (nSPS) is 28.5. The molecule has 6 rings (SSSR count). The molecule has 12 unspecified atom stereocenters. The summed E-state index contributed by atoms with van der Waals surface area (Å²) in [5.41, 5.74) is 3.87. The first-order chi connectivity index (χ1) is 30.8. The number of allylic oxidation sites excluding steroid dienone is 3. The molecule has 0 amide bonds. The van der Waals surface area contributed by atoms with Crippen molar-refractivity contribution in [2.75, 3.05) is 30.4 Å². The fraction of sp³-hybridized carbons (Fsp3) is 0.467. The second-order valence-electron chi connectivity index (χ2n) is 15.1. The van der Waals surface area contributed by atoms with E-state index in [9.17, 15) is 49.0 Å². The molecular formula is C45H56F2N4O12S. The molecule has 19 heteroatoms. The molecule has 0 bridgehead atoms. The van der Waals surface area contributed by atoms with E-state index in [1.54, 1.807) is 42.5 Å². The van der Waals surface area contributed by atoms with Crippen molar-refractivity contribution in [2.24, 2.45) is 15.5 Å². The van der Waals surface area contributed by atoms with E-state index in [-0.39, 0.29) is 29.5 Å². The lowest BCUT2D eigenvalue weighted by Gasteiger charge is -2.45. The minimum Gasteiger partial charge on any atom is -0.426 e. The zero-order valence-electron chi connectivity index (χ0n) is 35.7. The minimum atomic E-state index is -1.81. The van der Waals surface area contributed by atoms with Crippen LogP contribution in [0.5, 0.6) is 0 Å². The van der Waals surface area contributed by atoms with Crippen LogP contribution in [0.3, 0.4) is 0 Å². The lowest BCUT2D eigenvalue weighted by atomic mass is 9.93. The van der Waals surface area contributed by atoms with Crippen LogP contribution in [0.4, 0.5) is 14.5 Å². The van der Waals surface area contributed by atoms with Gasteiger partial charge in [0.25, 0.3) is 0 Å². The Balaban J connectivity index is 0.000000386. The van der Waals surface area contributed by atoms with Crippen LogP contribution in [0, 0.1) is 33.3 Å². The highest BCUT2D eigenvalue weighted by Gasteiger charge is 2.52. The van der Waals surface area contributed by atoms with Crippen LogP contribution in [-0.2, 0) is 18.4 Å². The van der Waals surface area contributed by atoms with Crippen molar-refractivity contribution >= 4 is 17.7 Å². The van der Waals surface area contributed by atoms with E-state index < -0.39 is 74.3 Å². The first-order valence-corrected chi connectivity index (χ1v) is 21.5. The number of hydrogen-bond donors (Lipinski definition) is 5. The zero-order valence-corrected chi connectivity index (χ0v) is 36.5. The van der Waals surface area contributed by atoms with Crippen LogP contribution in [0.15, 0.2) is 131 Å². The van der Waals surface area contributed by atoms with Gasteiger partial charge < -0.3 is 48.8 Å². The molecule has 3 saturated heterocycles. The van der Waals surface area contributed by atoms with Crippen molar-refractivity contribution in [3.63, 3.8) is 0 Å². The Morgan fingerprint density at radius 3 is 2.00 bits per heavy atom. The van der Waals surface area contributed by atoms with Crippen LogP contribution < -0.4 is 4.90 Å². The molecule has 0 aliphatic carbocycles. The number of hydrogen-bond acceptors (Lipinski definition) is 17. The highest BCUT2D eigenvalue weighted by Crippen LogP contribution is 2.36. The van der Waals surface area contributed by atoms with E-state index >= 15 is 0 Å². The monoisotopic (exact) mass is 914 g/mol. The Kier molecular flexibility index (Phi) is 21.2. The molecule has 3 fully saturated rings. The summed E-state index contributed by atoms with van der Waals surface area (Å²) >= 11 is 0.942. The average molecular weight is 915 g/mol. The lowest BCUT2D eigenvalue weighted by molar-refractivity contribution is -0.314. The Hall–Kier alpha value is -4.83. The van der Waals surface area contributed by atoms with E-state index in [1.165, 1.54) is 29.8 Å². The predicted molar refractivity (Wildman–Crippen MR) is 238 cm³/mol. The largest absolute Gasteiger partial charge is 0.426 e. The highest BCUT2D eigenvalue weighted by atomic mass is 32.2. The van der Waals surface area contributed by atoms with Crippen LogP contribution in [0.1, 0.15) is 43.9 Å². The van der Waals surface area contributed by atoms with E-state index in [2.05, 4.69) is 46.1 Å². The zero-order chi connectivity index (χ0) is 46.8. The summed E-state index contributed by atoms with van der Waals surface area (Å²) in [5, 5.41) is 59.9. The summed E-state index contributed by atoms with van der Waals surface area (Å²) in [4.78, 5) is 35.4. The van der Waals surface area contributed by atoms with Crippen LogP contribution in [-0.4, -0.2) is 118 Å². The fourth-order valence-corrected chi connectivity index (χ4v) is 7.93. The summed E-state index contributed by atoms with van der Waals surface area (Å²) < 4.78 is 48.8. The van der Waals surface area contributed by atoms with Crippen molar-refractivity contribution in [2.45, 2.75) is 107 Å². The number of nitrogens with zero attached hydrogens (tertiary/aromatic N) is 4. The molecule has 3 aliphatic rings. The van der Waals surface area contributed by atoms with Crippen molar-refractivity contribution in [1.29, 1.82) is 0 Å². The number of aliphatic hydroxyl groups excluding tert-OH is 5. The third-order valence-corrected chi connectivity index (χ3v) is 11.6. The van der Waals surface area contributed by atoms with Gasteiger partial charge in [0.15, 0.2) is 6.29 Å².